The molecule has 1 saturated carbocycles. The predicted octanol–water partition coefficient (Wildman–Crippen LogP) is 5.37. The van der Waals surface area contributed by atoms with Crippen molar-refractivity contribution in [1.29, 1.82) is 0 Å². The molecule has 0 spiro atoms. The van der Waals surface area contributed by atoms with E-state index in [0.717, 1.165) is 41.4 Å². The molecule has 0 bridgehead atoms. The summed E-state index contributed by atoms with van der Waals surface area (Å²) in [4.78, 5) is 39.8. The lowest BCUT2D eigenvalue weighted by molar-refractivity contribution is -0.138. The van der Waals surface area contributed by atoms with Gasteiger partial charge in [0.25, 0.3) is 11.8 Å². The lowest BCUT2D eigenvalue weighted by Gasteiger charge is -2.26. The van der Waals surface area contributed by atoms with Crippen molar-refractivity contribution in [1.82, 2.24) is 4.90 Å². The van der Waals surface area contributed by atoms with E-state index >= 15 is 0 Å². The van der Waals surface area contributed by atoms with E-state index < -0.39 is 30.2 Å². The van der Waals surface area contributed by atoms with Crippen molar-refractivity contribution in [2.45, 2.75) is 51.2 Å². The van der Waals surface area contributed by atoms with Gasteiger partial charge in [0.05, 0.1) is 36.3 Å². The number of aliphatic carboxylic acids is 1. The Morgan fingerprint density at radius 2 is 1.60 bits per heavy atom. The molecule has 0 saturated heterocycles. The fourth-order valence-electron chi connectivity index (χ4n) is 5.04. The van der Waals surface area contributed by atoms with E-state index in [1.807, 2.05) is 31.2 Å². The number of carboxylic acid groups (broad SMARTS) is 1. The number of hydrogen-bond acceptors (Lipinski definition) is 5. The second kappa shape index (κ2) is 9.41. The van der Waals surface area contributed by atoms with Gasteiger partial charge in [-0.1, -0.05) is 30.3 Å². The SMILES string of the molecule is CCOc1ccc(C(CC(=O)O)N2C(=O)c3cc4ccccc4cc3C2=O)cc1OC1CCCC1. The molecule has 1 aliphatic heterocycles. The van der Waals surface area contributed by atoms with Crippen LogP contribution in [-0.2, 0) is 4.79 Å². The average Bonchev–Trinajstić information content (AvgIpc) is 3.44. The van der Waals surface area contributed by atoms with Gasteiger partial charge in [-0.15, -0.1) is 0 Å². The maximum atomic E-state index is 13.4. The highest BCUT2D eigenvalue weighted by molar-refractivity contribution is 6.23. The lowest BCUT2D eigenvalue weighted by Crippen LogP contribution is -2.35. The summed E-state index contributed by atoms with van der Waals surface area (Å²) in [5.74, 6) is -1.02. The Labute approximate surface area is 203 Å². The summed E-state index contributed by atoms with van der Waals surface area (Å²) in [7, 11) is 0. The third-order valence-electron chi connectivity index (χ3n) is 6.71. The number of hydrogen-bond donors (Lipinski definition) is 1. The van der Waals surface area contributed by atoms with Crippen LogP contribution in [0.3, 0.4) is 0 Å². The van der Waals surface area contributed by atoms with E-state index in [4.69, 9.17) is 9.47 Å². The van der Waals surface area contributed by atoms with E-state index in [1.54, 1.807) is 30.3 Å². The standard InChI is InChI=1S/C28H27NO6/c1-2-34-24-12-11-19(15-25(24)35-20-9-5-6-10-20)23(16-26(30)31)29-27(32)21-13-17-7-3-4-8-18(17)14-22(21)28(29)33/h3-4,7-8,11-15,20,23H,2,5-6,9-10,16H2,1H3,(H,30,31). The molecule has 1 unspecified atom stereocenters. The summed E-state index contributed by atoms with van der Waals surface area (Å²) in [6.45, 7) is 2.33. The fourth-order valence-corrected chi connectivity index (χ4v) is 5.04. The van der Waals surface area contributed by atoms with E-state index in [0.29, 0.717) is 23.7 Å². The monoisotopic (exact) mass is 473 g/mol. The number of imide groups is 1. The minimum Gasteiger partial charge on any atom is -0.490 e. The van der Waals surface area contributed by atoms with Crippen LogP contribution in [0, 0.1) is 0 Å². The van der Waals surface area contributed by atoms with Gasteiger partial charge in [0.1, 0.15) is 0 Å². The number of carboxylic acids is 1. The van der Waals surface area contributed by atoms with Crippen molar-refractivity contribution in [2.75, 3.05) is 6.61 Å². The molecule has 3 aromatic rings. The minimum atomic E-state index is -1.11. The van der Waals surface area contributed by atoms with E-state index in [9.17, 15) is 19.5 Å². The molecule has 2 amide bonds. The maximum Gasteiger partial charge on any atom is 0.305 e. The van der Waals surface area contributed by atoms with Crippen LogP contribution >= 0.6 is 0 Å². The molecular weight excluding hydrogens is 446 g/mol. The summed E-state index contributed by atoms with van der Waals surface area (Å²) in [6, 6.07) is 15.1. The molecule has 0 radical (unpaired) electrons. The zero-order valence-corrected chi connectivity index (χ0v) is 19.5. The molecule has 1 aliphatic carbocycles. The molecular formula is C28H27NO6. The Morgan fingerprint density at radius 1 is 0.971 bits per heavy atom. The zero-order valence-electron chi connectivity index (χ0n) is 19.5. The number of carbonyl (C=O) groups is 3. The van der Waals surface area contributed by atoms with Crippen molar-refractivity contribution < 1.29 is 29.0 Å². The van der Waals surface area contributed by atoms with Crippen LogP contribution in [-0.4, -0.2) is 40.5 Å². The summed E-state index contributed by atoms with van der Waals surface area (Å²) >= 11 is 0. The van der Waals surface area contributed by atoms with Crippen molar-refractivity contribution in [3.8, 4) is 11.5 Å². The van der Waals surface area contributed by atoms with E-state index in [1.165, 1.54) is 0 Å². The molecule has 180 valence electrons. The number of rotatable bonds is 8. The molecule has 7 nitrogen and oxygen atoms in total. The largest absolute Gasteiger partial charge is 0.490 e. The first-order valence-corrected chi connectivity index (χ1v) is 12.0. The highest BCUT2D eigenvalue weighted by Gasteiger charge is 2.42. The molecule has 7 heteroatoms. The van der Waals surface area contributed by atoms with Gasteiger partial charge in [0.2, 0.25) is 0 Å². The predicted molar refractivity (Wildman–Crippen MR) is 130 cm³/mol. The number of benzene rings is 3. The van der Waals surface area contributed by atoms with Crippen LogP contribution < -0.4 is 9.47 Å². The van der Waals surface area contributed by atoms with Gasteiger partial charge in [-0.2, -0.15) is 0 Å². The highest BCUT2D eigenvalue weighted by atomic mass is 16.5. The lowest BCUT2D eigenvalue weighted by atomic mass is 10.0. The summed E-state index contributed by atoms with van der Waals surface area (Å²) in [5, 5.41) is 11.4. The Balaban J connectivity index is 1.55. The molecule has 5 rings (SSSR count). The van der Waals surface area contributed by atoms with Crippen molar-refractivity contribution in [2.24, 2.45) is 0 Å². The molecule has 3 aromatic carbocycles. The minimum absolute atomic E-state index is 0.0640. The number of nitrogens with zero attached hydrogens (tertiary/aromatic N) is 1. The molecule has 1 heterocycles. The van der Waals surface area contributed by atoms with Crippen molar-refractivity contribution in [3.63, 3.8) is 0 Å². The Bertz CT molecular complexity index is 1260. The molecule has 1 atom stereocenters. The van der Waals surface area contributed by atoms with Gasteiger partial charge in [-0.25, -0.2) is 0 Å². The zero-order chi connectivity index (χ0) is 24.5. The Kier molecular flexibility index (Phi) is 6.16. The van der Waals surface area contributed by atoms with Gasteiger partial charge in [-0.3, -0.25) is 19.3 Å². The van der Waals surface area contributed by atoms with Gasteiger partial charge in [-0.05, 0) is 73.2 Å². The van der Waals surface area contributed by atoms with Crippen LogP contribution in [0.5, 0.6) is 11.5 Å². The van der Waals surface area contributed by atoms with Crippen molar-refractivity contribution in [3.05, 3.63) is 71.3 Å². The molecule has 0 aromatic heterocycles. The van der Waals surface area contributed by atoms with Crippen LogP contribution in [0.1, 0.15) is 71.3 Å². The smallest absolute Gasteiger partial charge is 0.305 e. The number of amides is 2. The molecule has 1 N–H and O–H groups in total. The number of carbonyl (C=O) groups excluding carboxylic acids is 2. The van der Waals surface area contributed by atoms with Crippen molar-refractivity contribution >= 4 is 28.6 Å². The van der Waals surface area contributed by atoms with Gasteiger partial charge in [0, 0.05) is 0 Å². The van der Waals surface area contributed by atoms with E-state index in [-0.39, 0.29) is 17.2 Å². The van der Waals surface area contributed by atoms with Crippen LogP contribution in [0.15, 0.2) is 54.6 Å². The Hall–Kier alpha value is -3.87. The summed E-state index contributed by atoms with van der Waals surface area (Å²) in [6.07, 6.45) is 3.73. The van der Waals surface area contributed by atoms with Gasteiger partial charge in [0.15, 0.2) is 11.5 Å². The highest BCUT2D eigenvalue weighted by Crippen LogP contribution is 2.39. The first-order valence-electron chi connectivity index (χ1n) is 12.0. The van der Waals surface area contributed by atoms with Crippen LogP contribution in [0.25, 0.3) is 10.8 Å². The quantitative estimate of drug-likeness (QED) is 0.442. The summed E-state index contributed by atoms with van der Waals surface area (Å²) < 4.78 is 12.0. The fraction of sp³-hybridized carbons (Fsp3) is 0.321. The number of fused-ring (bicyclic) bond motifs is 2. The van der Waals surface area contributed by atoms with Gasteiger partial charge >= 0.3 is 5.97 Å². The second-order valence-electron chi connectivity index (χ2n) is 9.00. The third-order valence-corrected chi connectivity index (χ3v) is 6.71. The van der Waals surface area contributed by atoms with Crippen LogP contribution in [0.2, 0.25) is 0 Å². The van der Waals surface area contributed by atoms with Crippen LogP contribution in [0.4, 0.5) is 0 Å². The first-order chi connectivity index (χ1) is 17.0. The first kappa shape index (κ1) is 22.9. The average molecular weight is 474 g/mol. The second-order valence-corrected chi connectivity index (χ2v) is 9.00. The maximum absolute atomic E-state index is 13.4. The summed E-state index contributed by atoms with van der Waals surface area (Å²) in [5.41, 5.74) is 1.10. The van der Waals surface area contributed by atoms with Gasteiger partial charge < -0.3 is 14.6 Å². The molecule has 1 fully saturated rings. The number of ether oxygens (including phenoxy) is 2. The third kappa shape index (κ3) is 4.34. The molecule has 35 heavy (non-hydrogen) atoms. The van der Waals surface area contributed by atoms with E-state index in [2.05, 4.69) is 0 Å². The molecule has 2 aliphatic rings. The Morgan fingerprint density at radius 3 is 2.17 bits per heavy atom. The normalized spacial score (nSPS) is 16.5. The topological polar surface area (TPSA) is 93.1 Å².